The Bertz CT molecular complexity index is 604. The molecule has 2 saturated heterocycles. The lowest BCUT2D eigenvalue weighted by atomic mass is 9.96. The summed E-state index contributed by atoms with van der Waals surface area (Å²) in [4.78, 5) is 28.4. The predicted molar refractivity (Wildman–Crippen MR) is 98.0 cm³/mol. The molecule has 2 fully saturated rings. The number of amides is 2. The Morgan fingerprint density at radius 1 is 1.12 bits per heavy atom. The Hall–Kier alpha value is -1.88. The average Bonchev–Trinajstić information content (AvgIpc) is 3.10. The molecule has 25 heavy (non-hydrogen) atoms. The van der Waals surface area contributed by atoms with Crippen LogP contribution in [-0.2, 0) is 9.59 Å². The van der Waals surface area contributed by atoms with Crippen molar-refractivity contribution in [2.75, 3.05) is 26.2 Å². The number of rotatable bonds is 4. The van der Waals surface area contributed by atoms with Crippen molar-refractivity contribution in [2.24, 2.45) is 5.92 Å². The zero-order chi connectivity index (χ0) is 17.8. The molecule has 1 aromatic rings. The third-order valence-electron chi connectivity index (χ3n) is 5.63. The summed E-state index contributed by atoms with van der Waals surface area (Å²) >= 11 is 0. The van der Waals surface area contributed by atoms with Crippen molar-refractivity contribution in [1.29, 1.82) is 0 Å². The van der Waals surface area contributed by atoms with E-state index in [-0.39, 0.29) is 23.8 Å². The highest BCUT2D eigenvalue weighted by Gasteiger charge is 2.31. The summed E-state index contributed by atoms with van der Waals surface area (Å²) in [6.07, 6.45) is 2.79. The largest absolute Gasteiger partial charge is 0.352 e. The molecule has 2 amide bonds. The minimum Gasteiger partial charge on any atom is -0.352 e. The number of hydrogen-bond donors (Lipinski definition) is 1. The molecule has 2 aliphatic rings. The highest BCUT2D eigenvalue weighted by atomic mass is 16.2. The second-order valence-electron chi connectivity index (χ2n) is 7.38. The second kappa shape index (κ2) is 8.00. The van der Waals surface area contributed by atoms with Gasteiger partial charge in [-0.3, -0.25) is 14.5 Å². The third kappa shape index (κ3) is 4.40. The number of piperidine rings is 1. The Kier molecular flexibility index (Phi) is 5.74. The van der Waals surface area contributed by atoms with Crippen molar-refractivity contribution >= 4 is 11.8 Å². The van der Waals surface area contributed by atoms with Gasteiger partial charge in [-0.2, -0.15) is 0 Å². The maximum atomic E-state index is 12.6. The van der Waals surface area contributed by atoms with Crippen LogP contribution in [0.2, 0.25) is 0 Å². The maximum Gasteiger partial charge on any atom is 0.225 e. The Labute approximate surface area is 150 Å². The Morgan fingerprint density at radius 2 is 1.88 bits per heavy atom. The number of benzene rings is 1. The molecule has 1 N–H and O–H groups in total. The summed E-state index contributed by atoms with van der Waals surface area (Å²) in [6, 6.07) is 11.1. The molecule has 0 spiro atoms. The molecule has 1 aromatic carbocycles. The molecule has 0 aromatic heterocycles. The Balaban J connectivity index is 1.51. The van der Waals surface area contributed by atoms with Gasteiger partial charge in [-0.05, 0) is 31.7 Å². The topological polar surface area (TPSA) is 52.7 Å². The summed E-state index contributed by atoms with van der Waals surface area (Å²) in [7, 11) is 0. The molecule has 2 heterocycles. The van der Waals surface area contributed by atoms with Gasteiger partial charge in [0.05, 0.1) is 5.92 Å². The van der Waals surface area contributed by atoms with Crippen LogP contribution in [0.15, 0.2) is 30.3 Å². The van der Waals surface area contributed by atoms with Gasteiger partial charge in [-0.25, -0.2) is 0 Å². The van der Waals surface area contributed by atoms with Crippen molar-refractivity contribution in [1.82, 2.24) is 15.1 Å². The molecule has 3 rings (SSSR count). The quantitative estimate of drug-likeness (QED) is 0.912. The average molecular weight is 343 g/mol. The van der Waals surface area contributed by atoms with E-state index < -0.39 is 0 Å². The smallest absolute Gasteiger partial charge is 0.225 e. The first-order valence-corrected chi connectivity index (χ1v) is 9.39. The molecule has 5 nitrogen and oxygen atoms in total. The maximum absolute atomic E-state index is 12.6. The number of carbonyl (C=O) groups excluding carboxylic acids is 2. The fourth-order valence-electron chi connectivity index (χ4n) is 4.00. The summed E-state index contributed by atoms with van der Waals surface area (Å²) in [5, 5.41) is 3.23. The lowest BCUT2D eigenvalue weighted by molar-refractivity contribution is -0.134. The number of carbonyl (C=O) groups is 2. The molecule has 5 heteroatoms. The van der Waals surface area contributed by atoms with E-state index in [0.717, 1.165) is 38.9 Å². The van der Waals surface area contributed by atoms with Crippen LogP contribution in [0.5, 0.6) is 0 Å². The SMILES string of the molecule is CC(=O)N1CCCC(C(=O)NC2CCN(C(C)c3ccccc3)C2)C1. The minimum absolute atomic E-state index is 0.0572. The van der Waals surface area contributed by atoms with Crippen LogP contribution in [-0.4, -0.2) is 53.8 Å². The lowest BCUT2D eigenvalue weighted by Gasteiger charge is -2.32. The van der Waals surface area contributed by atoms with Crippen LogP contribution in [0.4, 0.5) is 0 Å². The van der Waals surface area contributed by atoms with Crippen LogP contribution < -0.4 is 5.32 Å². The fourth-order valence-corrected chi connectivity index (χ4v) is 4.00. The zero-order valence-electron chi connectivity index (χ0n) is 15.3. The molecular formula is C20H29N3O2. The number of hydrogen-bond acceptors (Lipinski definition) is 3. The normalized spacial score (nSPS) is 25.6. The monoisotopic (exact) mass is 343 g/mol. The minimum atomic E-state index is -0.0572. The molecular weight excluding hydrogens is 314 g/mol. The predicted octanol–water partition coefficient (Wildman–Crippen LogP) is 2.20. The van der Waals surface area contributed by atoms with Crippen molar-refractivity contribution in [2.45, 2.75) is 45.2 Å². The number of nitrogens with one attached hydrogen (secondary N) is 1. The molecule has 136 valence electrons. The fraction of sp³-hybridized carbons (Fsp3) is 0.600. The first kappa shape index (κ1) is 17.9. The van der Waals surface area contributed by atoms with Gasteiger partial charge in [0.2, 0.25) is 11.8 Å². The van der Waals surface area contributed by atoms with E-state index in [1.807, 2.05) is 6.07 Å². The third-order valence-corrected chi connectivity index (χ3v) is 5.63. The van der Waals surface area contributed by atoms with Gasteiger partial charge in [0.1, 0.15) is 0 Å². The van der Waals surface area contributed by atoms with Gasteiger partial charge < -0.3 is 10.2 Å². The van der Waals surface area contributed by atoms with E-state index >= 15 is 0 Å². The first-order valence-electron chi connectivity index (χ1n) is 9.39. The zero-order valence-corrected chi connectivity index (χ0v) is 15.3. The van der Waals surface area contributed by atoms with Crippen molar-refractivity contribution in [3.05, 3.63) is 35.9 Å². The van der Waals surface area contributed by atoms with Crippen LogP contribution in [0.1, 0.15) is 44.7 Å². The van der Waals surface area contributed by atoms with Gasteiger partial charge in [0, 0.05) is 45.2 Å². The number of likely N-dealkylation sites (tertiary alicyclic amines) is 2. The van der Waals surface area contributed by atoms with Gasteiger partial charge in [0.15, 0.2) is 0 Å². The van der Waals surface area contributed by atoms with Gasteiger partial charge in [-0.1, -0.05) is 30.3 Å². The lowest BCUT2D eigenvalue weighted by Crippen LogP contribution is -2.47. The van der Waals surface area contributed by atoms with E-state index in [9.17, 15) is 9.59 Å². The highest BCUT2D eigenvalue weighted by molar-refractivity contribution is 5.81. The van der Waals surface area contributed by atoms with E-state index in [4.69, 9.17) is 0 Å². The highest BCUT2D eigenvalue weighted by Crippen LogP contribution is 2.25. The number of nitrogens with zero attached hydrogens (tertiary/aromatic N) is 2. The molecule has 2 aliphatic heterocycles. The molecule has 0 saturated carbocycles. The van der Waals surface area contributed by atoms with Crippen LogP contribution in [0.25, 0.3) is 0 Å². The van der Waals surface area contributed by atoms with E-state index in [2.05, 4.69) is 41.4 Å². The van der Waals surface area contributed by atoms with Crippen molar-refractivity contribution < 1.29 is 9.59 Å². The van der Waals surface area contributed by atoms with E-state index in [0.29, 0.717) is 12.6 Å². The summed E-state index contributed by atoms with van der Waals surface area (Å²) < 4.78 is 0. The first-order chi connectivity index (χ1) is 12.0. The van der Waals surface area contributed by atoms with Gasteiger partial charge in [-0.15, -0.1) is 0 Å². The van der Waals surface area contributed by atoms with E-state index in [1.54, 1.807) is 11.8 Å². The van der Waals surface area contributed by atoms with Crippen molar-refractivity contribution in [3.8, 4) is 0 Å². The standard InChI is InChI=1S/C20H29N3O2/c1-15(17-7-4-3-5-8-17)22-12-10-19(14-22)21-20(25)18-9-6-11-23(13-18)16(2)24/h3-5,7-8,15,18-19H,6,9-14H2,1-2H3,(H,21,25). The van der Waals surface area contributed by atoms with Crippen LogP contribution >= 0.6 is 0 Å². The molecule has 3 atom stereocenters. The Morgan fingerprint density at radius 3 is 2.60 bits per heavy atom. The van der Waals surface area contributed by atoms with Crippen LogP contribution in [0.3, 0.4) is 0 Å². The van der Waals surface area contributed by atoms with Crippen LogP contribution in [0, 0.1) is 5.92 Å². The summed E-state index contributed by atoms with van der Waals surface area (Å²) in [5.41, 5.74) is 1.32. The summed E-state index contributed by atoms with van der Waals surface area (Å²) in [6.45, 7) is 7.06. The van der Waals surface area contributed by atoms with E-state index in [1.165, 1.54) is 5.56 Å². The van der Waals surface area contributed by atoms with Gasteiger partial charge >= 0.3 is 0 Å². The molecule has 0 radical (unpaired) electrons. The van der Waals surface area contributed by atoms with Gasteiger partial charge in [0.25, 0.3) is 0 Å². The molecule has 0 bridgehead atoms. The molecule has 3 unspecified atom stereocenters. The second-order valence-corrected chi connectivity index (χ2v) is 7.38. The molecule has 0 aliphatic carbocycles. The van der Waals surface area contributed by atoms with Crippen molar-refractivity contribution in [3.63, 3.8) is 0 Å². The summed E-state index contributed by atoms with van der Waals surface area (Å²) in [5.74, 6) is 0.129.